The van der Waals surface area contributed by atoms with Gasteiger partial charge in [0.2, 0.25) is 0 Å². The van der Waals surface area contributed by atoms with E-state index in [-0.39, 0.29) is 23.7 Å². The number of rotatable bonds is 7. The molecule has 0 rings (SSSR count). The van der Waals surface area contributed by atoms with Gasteiger partial charge in [0, 0.05) is 6.92 Å². The normalized spacial score (nSPS) is 16.5. The molecule has 3 nitrogen and oxygen atoms in total. The summed E-state index contributed by atoms with van der Waals surface area (Å²) >= 11 is 0. The van der Waals surface area contributed by atoms with Crippen molar-refractivity contribution in [2.75, 3.05) is 7.11 Å². The molecule has 0 aliphatic heterocycles. The van der Waals surface area contributed by atoms with Crippen LogP contribution in [-0.2, 0) is 9.53 Å². The Balaban J connectivity index is 4.50. The molecule has 0 bridgehead atoms. The predicted octanol–water partition coefficient (Wildman–Crippen LogP) is 2.93. The lowest BCUT2D eigenvalue weighted by Gasteiger charge is -2.19. The van der Waals surface area contributed by atoms with E-state index in [1.54, 1.807) is 0 Å². The first-order chi connectivity index (χ1) is 7.81. The largest absolute Gasteiger partial charge is 0.493 e. The van der Waals surface area contributed by atoms with Crippen molar-refractivity contribution in [2.45, 2.75) is 53.6 Å². The van der Waals surface area contributed by atoms with Crippen molar-refractivity contribution in [2.24, 2.45) is 11.8 Å². The molecule has 2 unspecified atom stereocenters. The van der Waals surface area contributed by atoms with Gasteiger partial charge in [0.25, 0.3) is 0 Å². The molecule has 0 radical (unpaired) electrons. The van der Waals surface area contributed by atoms with Crippen LogP contribution in [-0.4, -0.2) is 24.1 Å². The van der Waals surface area contributed by atoms with Crippen molar-refractivity contribution < 1.29 is 14.6 Å². The van der Waals surface area contributed by atoms with Gasteiger partial charge in [-0.05, 0) is 37.2 Å². The summed E-state index contributed by atoms with van der Waals surface area (Å²) < 4.78 is 5.12. The number of hydrogen-bond acceptors (Lipinski definition) is 3. The van der Waals surface area contributed by atoms with Gasteiger partial charge < -0.3 is 9.84 Å². The first-order valence-corrected chi connectivity index (χ1v) is 6.25. The second-order valence-corrected chi connectivity index (χ2v) is 5.06. The molecule has 0 aliphatic carbocycles. The molecule has 0 heterocycles. The lowest BCUT2D eigenvalue weighted by atomic mass is 9.91. The summed E-state index contributed by atoms with van der Waals surface area (Å²) in [7, 11) is 1.52. The lowest BCUT2D eigenvalue weighted by molar-refractivity contribution is -0.116. The van der Waals surface area contributed by atoms with Crippen LogP contribution in [0.15, 0.2) is 11.3 Å². The number of carbonyl (C=O) groups excluding carboxylic acids is 1. The van der Waals surface area contributed by atoms with Gasteiger partial charge in [-0.15, -0.1) is 0 Å². The molecule has 3 heteroatoms. The van der Waals surface area contributed by atoms with Gasteiger partial charge in [0.15, 0.2) is 11.5 Å². The fourth-order valence-corrected chi connectivity index (χ4v) is 1.78. The summed E-state index contributed by atoms with van der Waals surface area (Å²) in [5, 5.41) is 9.75. The highest BCUT2D eigenvalue weighted by molar-refractivity contribution is 5.91. The fourth-order valence-electron chi connectivity index (χ4n) is 1.78. The van der Waals surface area contributed by atoms with Crippen LogP contribution >= 0.6 is 0 Å². The number of hydrogen-bond donors (Lipinski definition) is 1. The molecule has 0 saturated heterocycles. The van der Waals surface area contributed by atoms with E-state index in [2.05, 4.69) is 6.92 Å². The Bertz CT molecular complexity index is 279. The molecule has 100 valence electrons. The second kappa shape index (κ2) is 7.49. The molecular weight excluding hydrogens is 216 g/mol. The Hall–Kier alpha value is -0.830. The van der Waals surface area contributed by atoms with E-state index < -0.39 is 0 Å². The minimum absolute atomic E-state index is 0.0405. The number of methoxy groups -OCH3 is 1. The van der Waals surface area contributed by atoms with Crippen molar-refractivity contribution in [1.82, 2.24) is 0 Å². The number of ketones is 1. The third-order valence-electron chi connectivity index (χ3n) is 3.29. The van der Waals surface area contributed by atoms with E-state index in [1.165, 1.54) is 14.0 Å². The van der Waals surface area contributed by atoms with Crippen LogP contribution in [0.1, 0.15) is 47.5 Å². The van der Waals surface area contributed by atoms with Crippen LogP contribution in [0.25, 0.3) is 0 Å². The molecule has 0 spiro atoms. The Kier molecular flexibility index (Phi) is 7.12. The Morgan fingerprint density at radius 1 is 1.18 bits per heavy atom. The van der Waals surface area contributed by atoms with E-state index >= 15 is 0 Å². The topological polar surface area (TPSA) is 46.5 Å². The van der Waals surface area contributed by atoms with Crippen LogP contribution in [0, 0.1) is 11.8 Å². The minimum Gasteiger partial charge on any atom is -0.493 e. The average molecular weight is 242 g/mol. The highest BCUT2D eigenvalue weighted by atomic mass is 16.5. The molecule has 1 N–H and O–H groups in total. The van der Waals surface area contributed by atoms with E-state index in [0.29, 0.717) is 5.76 Å². The smallest absolute Gasteiger partial charge is 0.194 e. The monoisotopic (exact) mass is 242 g/mol. The van der Waals surface area contributed by atoms with Gasteiger partial charge in [-0.3, -0.25) is 4.79 Å². The van der Waals surface area contributed by atoms with Crippen molar-refractivity contribution in [3.8, 4) is 0 Å². The second-order valence-electron chi connectivity index (χ2n) is 5.06. The van der Waals surface area contributed by atoms with Crippen molar-refractivity contribution in [1.29, 1.82) is 0 Å². The summed E-state index contributed by atoms with van der Waals surface area (Å²) in [6.07, 6.45) is 1.35. The van der Waals surface area contributed by atoms with Crippen molar-refractivity contribution >= 4 is 5.78 Å². The molecule has 0 aliphatic rings. The molecule has 17 heavy (non-hydrogen) atoms. The zero-order valence-corrected chi connectivity index (χ0v) is 11.9. The number of ether oxygens (including phenoxy) is 1. The summed E-state index contributed by atoms with van der Waals surface area (Å²) in [5.41, 5.74) is 0.968. The van der Waals surface area contributed by atoms with Crippen LogP contribution in [0.3, 0.4) is 0 Å². The first-order valence-electron chi connectivity index (χ1n) is 6.25. The highest BCUT2D eigenvalue weighted by Gasteiger charge is 2.16. The minimum atomic E-state index is -0.270. The number of allylic oxidation sites excluding steroid dienone is 2. The average Bonchev–Trinajstić information content (AvgIpc) is 2.25. The van der Waals surface area contributed by atoms with Crippen LogP contribution in [0.5, 0.6) is 0 Å². The summed E-state index contributed by atoms with van der Waals surface area (Å²) in [6, 6.07) is 0. The van der Waals surface area contributed by atoms with E-state index in [1.807, 2.05) is 20.8 Å². The summed E-state index contributed by atoms with van der Waals surface area (Å²) in [4.78, 5) is 11.3. The maximum atomic E-state index is 11.3. The maximum Gasteiger partial charge on any atom is 0.194 e. The van der Waals surface area contributed by atoms with Gasteiger partial charge in [0.1, 0.15) is 0 Å². The third-order valence-corrected chi connectivity index (χ3v) is 3.29. The Labute approximate surface area is 105 Å². The molecule has 2 atom stereocenters. The van der Waals surface area contributed by atoms with Gasteiger partial charge in [-0.2, -0.15) is 0 Å². The maximum absolute atomic E-state index is 11.3. The number of carbonyl (C=O) groups is 1. The molecule has 0 aromatic carbocycles. The van der Waals surface area contributed by atoms with Gasteiger partial charge >= 0.3 is 0 Å². The van der Waals surface area contributed by atoms with E-state index in [0.717, 1.165) is 18.4 Å². The van der Waals surface area contributed by atoms with Crippen LogP contribution in [0.4, 0.5) is 0 Å². The van der Waals surface area contributed by atoms with Gasteiger partial charge in [-0.25, -0.2) is 0 Å². The number of aliphatic hydroxyl groups excluding tert-OH is 1. The molecule has 0 amide bonds. The van der Waals surface area contributed by atoms with E-state index in [9.17, 15) is 9.90 Å². The Morgan fingerprint density at radius 3 is 2.06 bits per heavy atom. The molecule has 0 saturated carbocycles. The summed E-state index contributed by atoms with van der Waals surface area (Å²) in [5.74, 6) is 0.946. The Morgan fingerprint density at radius 2 is 1.71 bits per heavy atom. The van der Waals surface area contributed by atoms with Crippen molar-refractivity contribution in [3.05, 3.63) is 11.3 Å². The predicted molar refractivity (Wildman–Crippen MR) is 69.6 cm³/mol. The number of Topliss-reactive ketones (excluding diaryl/α,β-unsaturated/α-hetero) is 1. The van der Waals surface area contributed by atoms with Crippen LogP contribution in [0.2, 0.25) is 0 Å². The first kappa shape index (κ1) is 16.2. The fraction of sp³-hybridized carbons (Fsp3) is 0.786. The summed E-state index contributed by atoms with van der Waals surface area (Å²) in [6.45, 7) is 9.51. The van der Waals surface area contributed by atoms with Crippen molar-refractivity contribution in [3.63, 3.8) is 0 Å². The highest BCUT2D eigenvalue weighted by Crippen LogP contribution is 2.22. The quantitative estimate of drug-likeness (QED) is 0.551. The standard InChI is InChI=1S/C14H26O3/c1-9(2)13(16)8-7-10(3)11(4)14(17-6)12(5)15/h9-10,13,16H,7-8H2,1-6H3/b14-11-. The van der Waals surface area contributed by atoms with Crippen LogP contribution < -0.4 is 0 Å². The van der Waals surface area contributed by atoms with E-state index in [4.69, 9.17) is 4.74 Å². The molecule has 0 aromatic rings. The molecule has 0 aromatic heterocycles. The third kappa shape index (κ3) is 5.35. The molecular formula is C14H26O3. The zero-order valence-electron chi connectivity index (χ0n) is 11.9. The number of aliphatic hydroxyl groups is 1. The molecule has 0 fully saturated rings. The SMILES string of the molecule is CO/C(C(C)=O)=C(/C)C(C)CCC(O)C(C)C. The van der Waals surface area contributed by atoms with Gasteiger partial charge in [-0.1, -0.05) is 20.8 Å². The zero-order chi connectivity index (χ0) is 13.6. The lowest BCUT2D eigenvalue weighted by Crippen LogP contribution is -2.16. The van der Waals surface area contributed by atoms with Gasteiger partial charge in [0.05, 0.1) is 13.2 Å².